The van der Waals surface area contributed by atoms with Crippen molar-refractivity contribution in [3.63, 3.8) is 0 Å². The number of hydrogen-bond acceptors (Lipinski definition) is 4. The van der Waals surface area contributed by atoms with Crippen LogP contribution in [0, 0.1) is 0 Å². The van der Waals surface area contributed by atoms with Crippen LogP contribution in [0.3, 0.4) is 0 Å². The Morgan fingerprint density at radius 1 is 1.38 bits per heavy atom. The number of benzene rings is 1. The molecule has 0 saturated carbocycles. The minimum absolute atomic E-state index is 0.0517. The van der Waals surface area contributed by atoms with Crippen molar-refractivity contribution < 1.29 is 22.7 Å². The summed E-state index contributed by atoms with van der Waals surface area (Å²) in [5, 5.41) is 7.39. The summed E-state index contributed by atoms with van der Waals surface area (Å²) in [6.45, 7) is 1.62. The zero-order chi connectivity index (χ0) is 17.7. The van der Waals surface area contributed by atoms with Gasteiger partial charge in [0, 0.05) is 16.7 Å². The first-order valence-electron chi connectivity index (χ1n) is 6.81. The van der Waals surface area contributed by atoms with E-state index in [9.17, 15) is 18.0 Å². The summed E-state index contributed by atoms with van der Waals surface area (Å²) in [5.41, 5.74) is 8.19. The molecule has 0 saturated heterocycles. The van der Waals surface area contributed by atoms with E-state index in [-0.39, 0.29) is 18.8 Å². The summed E-state index contributed by atoms with van der Waals surface area (Å²) in [4.78, 5) is 14.5. The van der Waals surface area contributed by atoms with Gasteiger partial charge in [-0.15, -0.1) is 0 Å². The highest BCUT2D eigenvalue weighted by Gasteiger charge is 2.30. The number of esters is 1. The largest absolute Gasteiger partial charge is 0.461 e. The normalized spacial score (nSPS) is 11.0. The average Bonchev–Trinajstić information content (AvgIpc) is 2.96. The van der Waals surface area contributed by atoms with E-state index in [0.717, 1.165) is 12.1 Å². The third-order valence-electron chi connectivity index (χ3n) is 3.02. The highest BCUT2D eigenvalue weighted by molar-refractivity contribution is 5.88. The number of azide groups is 1. The molecule has 0 radical (unpaired) electrons. The fourth-order valence-electron chi connectivity index (χ4n) is 1.94. The monoisotopic (exact) mass is 339 g/mol. The molecule has 1 aromatic heterocycles. The lowest BCUT2D eigenvalue weighted by Crippen LogP contribution is -2.09. The van der Waals surface area contributed by atoms with Crippen molar-refractivity contribution in [2.24, 2.45) is 5.11 Å². The van der Waals surface area contributed by atoms with Gasteiger partial charge in [0.25, 0.3) is 0 Å². The van der Waals surface area contributed by atoms with E-state index in [1.54, 1.807) is 6.92 Å². The molecule has 24 heavy (non-hydrogen) atoms. The molecule has 10 heteroatoms. The molecular weight excluding hydrogens is 327 g/mol. The number of ether oxygens (including phenoxy) is 1. The molecule has 0 spiro atoms. The van der Waals surface area contributed by atoms with Crippen LogP contribution < -0.4 is 0 Å². The Balaban J connectivity index is 2.39. The Labute approximate surface area is 134 Å². The number of rotatable bonds is 5. The van der Waals surface area contributed by atoms with Crippen molar-refractivity contribution >= 4 is 5.97 Å². The molecular formula is C14H12F3N5O2. The topological polar surface area (TPSA) is 92.9 Å². The molecule has 0 aliphatic rings. The third kappa shape index (κ3) is 3.85. The molecule has 0 N–H and O–H groups in total. The SMILES string of the molecule is CCOC(=O)c1nn(-c2ccc(C(F)(F)F)cc2)cc1CN=[N+]=[N-]. The van der Waals surface area contributed by atoms with Crippen LogP contribution in [0.4, 0.5) is 13.2 Å². The molecule has 0 aliphatic carbocycles. The number of nitrogens with zero attached hydrogens (tertiary/aromatic N) is 5. The first-order valence-corrected chi connectivity index (χ1v) is 6.81. The molecule has 0 amide bonds. The second-order valence-electron chi connectivity index (χ2n) is 4.60. The lowest BCUT2D eigenvalue weighted by atomic mass is 10.2. The van der Waals surface area contributed by atoms with Gasteiger partial charge in [-0.05, 0) is 36.7 Å². The molecule has 7 nitrogen and oxygen atoms in total. The first-order chi connectivity index (χ1) is 11.4. The van der Waals surface area contributed by atoms with Crippen LogP contribution in [-0.4, -0.2) is 22.4 Å². The maximum atomic E-state index is 12.6. The summed E-state index contributed by atoms with van der Waals surface area (Å²) in [5.74, 6) is -0.702. The summed E-state index contributed by atoms with van der Waals surface area (Å²) in [6.07, 6.45) is -3.03. The second kappa shape index (κ2) is 7.05. The van der Waals surface area contributed by atoms with Gasteiger partial charge < -0.3 is 4.74 Å². The van der Waals surface area contributed by atoms with E-state index in [1.807, 2.05) is 0 Å². The van der Waals surface area contributed by atoms with E-state index < -0.39 is 17.7 Å². The van der Waals surface area contributed by atoms with Gasteiger partial charge in [-0.25, -0.2) is 9.48 Å². The van der Waals surface area contributed by atoms with Gasteiger partial charge >= 0.3 is 12.1 Å². The minimum Gasteiger partial charge on any atom is -0.461 e. The van der Waals surface area contributed by atoms with Crippen LogP contribution in [0.15, 0.2) is 35.6 Å². The molecule has 1 aromatic carbocycles. The molecule has 2 rings (SSSR count). The van der Waals surface area contributed by atoms with Gasteiger partial charge in [0.05, 0.1) is 24.4 Å². The van der Waals surface area contributed by atoms with E-state index >= 15 is 0 Å². The second-order valence-corrected chi connectivity index (χ2v) is 4.60. The van der Waals surface area contributed by atoms with Crippen LogP contribution >= 0.6 is 0 Å². The molecule has 2 aromatic rings. The van der Waals surface area contributed by atoms with E-state index in [4.69, 9.17) is 10.3 Å². The zero-order valence-electron chi connectivity index (χ0n) is 12.5. The van der Waals surface area contributed by atoms with Crippen molar-refractivity contribution in [1.29, 1.82) is 0 Å². The van der Waals surface area contributed by atoms with E-state index in [0.29, 0.717) is 11.3 Å². The molecule has 0 unspecified atom stereocenters. The summed E-state index contributed by atoms with van der Waals surface area (Å²) >= 11 is 0. The number of hydrogen-bond donors (Lipinski definition) is 0. The predicted octanol–water partition coefficient (Wildman–Crippen LogP) is 3.88. The Morgan fingerprint density at radius 2 is 2.04 bits per heavy atom. The van der Waals surface area contributed by atoms with Crippen molar-refractivity contribution in [3.05, 3.63) is 57.7 Å². The Bertz CT molecular complexity index is 777. The minimum atomic E-state index is -4.44. The molecule has 1 heterocycles. The number of carbonyl (C=O) groups excluding carboxylic acids is 1. The van der Waals surface area contributed by atoms with Crippen molar-refractivity contribution in [2.45, 2.75) is 19.6 Å². The van der Waals surface area contributed by atoms with Gasteiger partial charge in [-0.1, -0.05) is 5.11 Å². The standard InChI is InChI=1S/C14H12F3N5O2/c1-2-24-13(23)12-9(7-19-21-18)8-22(20-12)11-5-3-10(4-6-11)14(15,16)17/h3-6,8H,2,7H2,1H3. The lowest BCUT2D eigenvalue weighted by molar-refractivity contribution is -0.137. The maximum Gasteiger partial charge on any atom is 0.416 e. The Hall–Kier alpha value is -3.00. The van der Waals surface area contributed by atoms with Gasteiger partial charge in [-0.3, -0.25) is 0 Å². The quantitative estimate of drug-likeness (QED) is 0.358. The zero-order valence-corrected chi connectivity index (χ0v) is 12.5. The van der Waals surface area contributed by atoms with Crippen LogP contribution in [0.5, 0.6) is 0 Å². The number of alkyl halides is 3. The van der Waals surface area contributed by atoms with Crippen LogP contribution in [0.2, 0.25) is 0 Å². The number of carbonyl (C=O) groups is 1. The van der Waals surface area contributed by atoms with Crippen molar-refractivity contribution in [2.75, 3.05) is 6.61 Å². The molecule has 0 aliphatic heterocycles. The van der Waals surface area contributed by atoms with E-state index in [2.05, 4.69) is 15.1 Å². The maximum absolute atomic E-state index is 12.6. The summed E-state index contributed by atoms with van der Waals surface area (Å²) in [6, 6.07) is 4.27. The average molecular weight is 339 g/mol. The van der Waals surface area contributed by atoms with E-state index in [1.165, 1.54) is 23.0 Å². The molecule has 0 bridgehead atoms. The van der Waals surface area contributed by atoms with Gasteiger partial charge in [0.1, 0.15) is 0 Å². The number of halogens is 3. The Kier molecular flexibility index (Phi) is 5.10. The van der Waals surface area contributed by atoms with Crippen LogP contribution in [0.25, 0.3) is 16.1 Å². The third-order valence-corrected chi connectivity index (χ3v) is 3.02. The highest BCUT2D eigenvalue weighted by Crippen LogP contribution is 2.29. The van der Waals surface area contributed by atoms with Crippen molar-refractivity contribution in [3.8, 4) is 5.69 Å². The van der Waals surface area contributed by atoms with Gasteiger partial charge in [0.15, 0.2) is 5.69 Å². The number of aromatic nitrogens is 2. The fraction of sp³-hybridized carbons (Fsp3) is 0.286. The molecule has 0 atom stereocenters. The fourth-order valence-corrected chi connectivity index (χ4v) is 1.94. The highest BCUT2D eigenvalue weighted by atomic mass is 19.4. The lowest BCUT2D eigenvalue weighted by Gasteiger charge is -2.07. The van der Waals surface area contributed by atoms with Crippen molar-refractivity contribution in [1.82, 2.24) is 9.78 Å². The first kappa shape index (κ1) is 17.4. The predicted molar refractivity (Wildman–Crippen MR) is 77.4 cm³/mol. The molecule has 126 valence electrons. The van der Waals surface area contributed by atoms with Crippen LogP contribution in [0.1, 0.15) is 28.5 Å². The summed E-state index contributed by atoms with van der Waals surface area (Å²) in [7, 11) is 0. The Morgan fingerprint density at radius 3 is 2.58 bits per heavy atom. The van der Waals surface area contributed by atoms with Gasteiger partial charge in [-0.2, -0.15) is 18.3 Å². The van der Waals surface area contributed by atoms with Crippen LogP contribution in [-0.2, 0) is 17.5 Å². The molecule has 0 fully saturated rings. The van der Waals surface area contributed by atoms with Gasteiger partial charge in [0.2, 0.25) is 0 Å². The summed E-state index contributed by atoms with van der Waals surface area (Å²) < 4.78 is 43.9. The smallest absolute Gasteiger partial charge is 0.416 e.